The van der Waals surface area contributed by atoms with E-state index in [1.54, 1.807) is 13.8 Å². The molecule has 0 unspecified atom stereocenters. The summed E-state index contributed by atoms with van der Waals surface area (Å²) >= 11 is 0. The summed E-state index contributed by atoms with van der Waals surface area (Å²) in [5.74, 6) is -0.921. The van der Waals surface area contributed by atoms with E-state index in [0.29, 0.717) is 0 Å². The largest absolute Gasteiger partial charge is 0.393 e. The van der Waals surface area contributed by atoms with Gasteiger partial charge in [-0.3, -0.25) is 19.7 Å². The van der Waals surface area contributed by atoms with Gasteiger partial charge in [-0.2, -0.15) is 0 Å². The van der Waals surface area contributed by atoms with Gasteiger partial charge < -0.3 is 11.1 Å². The van der Waals surface area contributed by atoms with Crippen molar-refractivity contribution in [2.24, 2.45) is 5.92 Å². The second kappa shape index (κ2) is 5.94. The molecule has 0 radical (unpaired) electrons. The minimum atomic E-state index is -0.661. The summed E-state index contributed by atoms with van der Waals surface area (Å²) in [5.41, 5.74) is 5.02. The molecule has 1 amide bonds. The highest BCUT2D eigenvalue weighted by Gasteiger charge is 2.19. The molecule has 3 N–H and O–H groups in total. The Bertz CT molecular complexity index is 526. The quantitative estimate of drug-likeness (QED) is 0.470. The summed E-state index contributed by atoms with van der Waals surface area (Å²) in [5, 5.41) is 13.1. The monoisotopic (exact) mass is 265 g/mol. The van der Waals surface area contributed by atoms with Gasteiger partial charge in [-0.25, -0.2) is 0 Å². The van der Waals surface area contributed by atoms with Crippen molar-refractivity contribution >= 4 is 23.1 Å². The first-order chi connectivity index (χ1) is 8.84. The van der Waals surface area contributed by atoms with E-state index in [9.17, 15) is 19.7 Å². The molecule has 7 heteroatoms. The van der Waals surface area contributed by atoms with Crippen LogP contribution in [0.15, 0.2) is 18.2 Å². The van der Waals surface area contributed by atoms with Crippen LogP contribution >= 0.6 is 0 Å². The first kappa shape index (κ1) is 14.6. The molecule has 0 spiro atoms. The molecule has 0 aliphatic heterocycles. The summed E-state index contributed by atoms with van der Waals surface area (Å²) in [6.45, 7) is 3.31. The Hall–Kier alpha value is -2.44. The van der Waals surface area contributed by atoms with E-state index >= 15 is 0 Å². The maximum absolute atomic E-state index is 11.8. The number of carbonyl (C=O) groups excluding carboxylic acids is 2. The Morgan fingerprint density at radius 3 is 2.58 bits per heavy atom. The van der Waals surface area contributed by atoms with Gasteiger partial charge in [-0.15, -0.1) is 0 Å². The Morgan fingerprint density at radius 2 is 2.05 bits per heavy atom. The van der Waals surface area contributed by atoms with Crippen molar-refractivity contribution in [3.63, 3.8) is 0 Å². The van der Waals surface area contributed by atoms with Crippen LogP contribution in [0, 0.1) is 16.0 Å². The molecule has 19 heavy (non-hydrogen) atoms. The number of amides is 1. The maximum Gasteiger partial charge on any atom is 0.292 e. The van der Waals surface area contributed by atoms with Crippen LogP contribution in [0.4, 0.5) is 11.4 Å². The number of para-hydroxylation sites is 1. The number of rotatable bonds is 5. The van der Waals surface area contributed by atoms with Gasteiger partial charge in [0.2, 0.25) is 0 Å². The molecule has 1 rings (SSSR count). The SMILES string of the molecule is CC(C)C(=O)CNC(=O)c1cccc([N+](=O)[O-])c1N. The number of ketones is 1. The van der Waals surface area contributed by atoms with Gasteiger partial charge in [0, 0.05) is 12.0 Å². The van der Waals surface area contributed by atoms with Crippen molar-refractivity contribution in [2.45, 2.75) is 13.8 Å². The molecule has 0 saturated carbocycles. The maximum atomic E-state index is 11.8. The number of nitrogen functional groups attached to an aromatic ring is 1. The van der Waals surface area contributed by atoms with Crippen LogP contribution in [0.2, 0.25) is 0 Å². The molecule has 0 atom stereocenters. The summed E-state index contributed by atoms with van der Waals surface area (Å²) in [4.78, 5) is 33.2. The van der Waals surface area contributed by atoms with E-state index < -0.39 is 10.8 Å². The molecule has 102 valence electrons. The lowest BCUT2D eigenvalue weighted by molar-refractivity contribution is -0.383. The fourth-order valence-corrected chi connectivity index (χ4v) is 1.38. The number of anilines is 1. The predicted molar refractivity (Wildman–Crippen MR) is 69.7 cm³/mol. The number of hydrogen-bond donors (Lipinski definition) is 2. The second-order valence-corrected chi connectivity index (χ2v) is 4.30. The fourth-order valence-electron chi connectivity index (χ4n) is 1.38. The minimum absolute atomic E-state index is 0.00856. The lowest BCUT2D eigenvalue weighted by atomic mass is 10.1. The van der Waals surface area contributed by atoms with Gasteiger partial charge in [0.1, 0.15) is 5.69 Å². The Morgan fingerprint density at radius 1 is 1.42 bits per heavy atom. The zero-order valence-electron chi connectivity index (χ0n) is 10.7. The van der Waals surface area contributed by atoms with E-state index in [1.165, 1.54) is 18.2 Å². The van der Waals surface area contributed by atoms with Gasteiger partial charge in [-0.05, 0) is 6.07 Å². The number of nitro benzene ring substituents is 1. The van der Waals surface area contributed by atoms with Crippen LogP contribution < -0.4 is 11.1 Å². The highest BCUT2D eigenvalue weighted by atomic mass is 16.6. The molecule has 0 fully saturated rings. The summed E-state index contributed by atoms with van der Waals surface area (Å²) in [7, 11) is 0. The standard InChI is InChI=1S/C12H15N3O4/c1-7(2)10(16)6-14-12(17)8-4-3-5-9(11(8)13)15(18)19/h3-5,7H,6,13H2,1-2H3,(H,14,17). The number of hydrogen-bond acceptors (Lipinski definition) is 5. The molecular formula is C12H15N3O4. The number of nitrogens with zero attached hydrogens (tertiary/aromatic N) is 1. The highest BCUT2D eigenvalue weighted by Crippen LogP contribution is 2.24. The van der Waals surface area contributed by atoms with Crippen LogP contribution in [0.3, 0.4) is 0 Å². The van der Waals surface area contributed by atoms with E-state index in [4.69, 9.17) is 5.73 Å². The normalized spacial score (nSPS) is 10.3. The van der Waals surface area contributed by atoms with Crippen molar-refractivity contribution in [1.29, 1.82) is 0 Å². The Balaban J connectivity index is 2.86. The number of Topliss-reactive ketones (excluding diaryl/α,β-unsaturated/α-hetero) is 1. The van der Waals surface area contributed by atoms with E-state index in [-0.39, 0.29) is 35.2 Å². The molecule has 0 aromatic heterocycles. The van der Waals surface area contributed by atoms with Crippen molar-refractivity contribution in [3.05, 3.63) is 33.9 Å². The fraction of sp³-hybridized carbons (Fsp3) is 0.333. The van der Waals surface area contributed by atoms with Crippen LogP contribution in [0.1, 0.15) is 24.2 Å². The van der Waals surface area contributed by atoms with Crippen molar-refractivity contribution in [2.75, 3.05) is 12.3 Å². The summed E-state index contributed by atoms with van der Waals surface area (Å²) in [6, 6.07) is 3.95. The third kappa shape index (κ3) is 3.51. The molecule has 1 aromatic rings. The number of nitrogens with two attached hydrogens (primary N) is 1. The first-order valence-electron chi connectivity index (χ1n) is 5.68. The smallest absolute Gasteiger partial charge is 0.292 e. The molecule has 0 heterocycles. The number of carbonyl (C=O) groups is 2. The highest BCUT2D eigenvalue weighted by molar-refractivity contribution is 6.02. The van der Waals surface area contributed by atoms with Crippen LogP contribution in [0.25, 0.3) is 0 Å². The van der Waals surface area contributed by atoms with E-state index in [1.807, 2.05) is 0 Å². The molecule has 0 aliphatic carbocycles. The molecule has 0 bridgehead atoms. The lowest BCUT2D eigenvalue weighted by Crippen LogP contribution is -2.32. The van der Waals surface area contributed by atoms with E-state index in [2.05, 4.69) is 5.32 Å². The lowest BCUT2D eigenvalue weighted by Gasteiger charge is -2.08. The third-order valence-electron chi connectivity index (χ3n) is 2.59. The number of nitro groups is 1. The van der Waals surface area contributed by atoms with Crippen molar-refractivity contribution < 1.29 is 14.5 Å². The predicted octanol–water partition coefficient (Wildman–Crippen LogP) is 1.13. The third-order valence-corrected chi connectivity index (χ3v) is 2.59. The second-order valence-electron chi connectivity index (χ2n) is 4.30. The van der Waals surface area contributed by atoms with Crippen molar-refractivity contribution in [1.82, 2.24) is 5.32 Å². The zero-order chi connectivity index (χ0) is 14.6. The van der Waals surface area contributed by atoms with Gasteiger partial charge >= 0.3 is 0 Å². The van der Waals surface area contributed by atoms with E-state index in [0.717, 1.165) is 0 Å². The molecule has 1 aromatic carbocycles. The zero-order valence-corrected chi connectivity index (χ0v) is 10.7. The summed E-state index contributed by atoms with van der Waals surface area (Å²) < 4.78 is 0. The number of nitrogens with one attached hydrogen (secondary N) is 1. The van der Waals surface area contributed by atoms with Gasteiger partial charge in [-0.1, -0.05) is 19.9 Å². The molecule has 0 saturated heterocycles. The summed E-state index contributed by atoms with van der Waals surface area (Å²) in [6.07, 6.45) is 0. The number of benzene rings is 1. The van der Waals surface area contributed by atoms with Gasteiger partial charge in [0.25, 0.3) is 11.6 Å². The Kier molecular flexibility index (Phi) is 4.57. The molecule has 0 aliphatic rings. The van der Waals surface area contributed by atoms with Gasteiger partial charge in [0.05, 0.1) is 17.0 Å². The first-order valence-corrected chi connectivity index (χ1v) is 5.68. The van der Waals surface area contributed by atoms with Gasteiger partial charge in [0.15, 0.2) is 5.78 Å². The Labute approximate surface area is 109 Å². The average molecular weight is 265 g/mol. The molecule has 7 nitrogen and oxygen atoms in total. The van der Waals surface area contributed by atoms with Crippen LogP contribution in [-0.2, 0) is 4.79 Å². The molecular weight excluding hydrogens is 250 g/mol. The van der Waals surface area contributed by atoms with Crippen LogP contribution in [0.5, 0.6) is 0 Å². The average Bonchev–Trinajstić information content (AvgIpc) is 2.35. The van der Waals surface area contributed by atoms with Crippen molar-refractivity contribution in [3.8, 4) is 0 Å². The van der Waals surface area contributed by atoms with Crippen LogP contribution in [-0.4, -0.2) is 23.2 Å². The minimum Gasteiger partial charge on any atom is -0.393 e. The topological polar surface area (TPSA) is 115 Å².